The van der Waals surface area contributed by atoms with E-state index in [2.05, 4.69) is 40.0 Å². The van der Waals surface area contributed by atoms with Gasteiger partial charge in [-0.3, -0.25) is 4.68 Å². The molecular weight excluding hydrogens is 304 g/mol. The molecule has 1 aromatic heterocycles. The summed E-state index contributed by atoms with van der Waals surface area (Å²) in [7, 11) is 1.81. The molecule has 1 aliphatic rings. The summed E-state index contributed by atoms with van der Waals surface area (Å²) in [6.45, 7) is 1.23. The van der Waals surface area contributed by atoms with Gasteiger partial charge in [0.2, 0.25) is 0 Å². The van der Waals surface area contributed by atoms with Crippen molar-refractivity contribution < 1.29 is 9.53 Å². The molecule has 3 rings (SSSR count). The van der Waals surface area contributed by atoms with Gasteiger partial charge < -0.3 is 15.4 Å². The minimum Gasteiger partial charge on any atom is -0.373 e. The lowest BCUT2D eigenvalue weighted by Gasteiger charge is -2.25. The molecule has 0 saturated heterocycles. The second-order valence-corrected chi connectivity index (χ2v) is 6.09. The molecule has 2 N–H and O–H groups in total. The normalized spacial score (nSPS) is 16.5. The van der Waals surface area contributed by atoms with Crippen LogP contribution in [-0.4, -0.2) is 29.0 Å². The van der Waals surface area contributed by atoms with Crippen molar-refractivity contribution in [3.8, 4) is 0 Å². The Labute approximate surface area is 142 Å². The van der Waals surface area contributed by atoms with Crippen molar-refractivity contribution in [3.63, 3.8) is 0 Å². The molecule has 2 aromatic rings. The van der Waals surface area contributed by atoms with E-state index in [0.29, 0.717) is 18.8 Å². The first-order valence-corrected chi connectivity index (χ1v) is 8.45. The predicted octanol–water partition coefficient (Wildman–Crippen LogP) is 3.03. The van der Waals surface area contributed by atoms with Crippen LogP contribution < -0.4 is 10.6 Å². The van der Waals surface area contributed by atoms with Crippen LogP contribution in [0.15, 0.2) is 36.7 Å². The number of fused-ring (bicyclic) bond motifs is 1. The fourth-order valence-corrected chi connectivity index (χ4v) is 3.04. The number of nitrogens with zero attached hydrogens (tertiary/aromatic N) is 2. The van der Waals surface area contributed by atoms with Crippen LogP contribution in [-0.2, 0) is 18.2 Å². The molecular formula is C18H24N4O2. The molecule has 1 heterocycles. The average molecular weight is 328 g/mol. The van der Waals surface area contributed by atoms with Gasteiger partial charge in [0.15, 0.2) is 0 Å². The van der Waals surface area contributed by atoms with E-state index < -0.39 is 0 Å². The molecule has 128 valence electrons. The number of amides is 2. The molecule has 0 unspecified atom stereocenters. The van der Waals surface area contributed by atoms with E-state index in [0.717, 1.165) is 19.3 Å². The SMILES string of the molecule is Cn1cc(NC(=O)NCCCO[C@@H]2CCCc3ccccc32)cn1. The van der Waals surface area contributed by atoms with E-state index in [4.69, 9.17) is 4.74 Å². The zero-order valence-corrected chi connectivity index (χ0v) is 14.0. The maximum atomic E-state index is 11.8. The Morgan fingerprint density at radius 3 is 3.12 bits per heavy atom. The number of carbonyl (C=O) groups excluding carboxylic acids is 1. The van der Waals surface area contributed by atoms with Gasteiger partial charge in [-0.2, -0.15) is 5.10 Å². The Kier molecular flexibility index (Phi) is 5.48. The predicted molar refractivity (Wildman–Crippen MR) is 92.9 cm³/mol. The summed E-state index contributed by atoms with van der Waals surface area (Å²) in [5, 5.41) is 9.58. The number of carbonyl (C=O) groups is 1. The third kappa shape index (κ3) is 4.35. The molecule has 2 amide bonds. The summed E-state index contributed by atoms with van der Waals surface area (Å²) in [6.07, 6.45) is 7.75. The molecule has 0 spiro atoms. The molecule has 6 nitrogen and oxygen atoms in total. The number of benzene rings is 1. The van der Waals surface area contributed by atoms with E-state index in [9.17, 15) is 4.79 Å². The molecule has 6 heteroatoms. The second kappa shape index (κ2) is 7.97. The molecule has 0 radical (unpaired) electrons. The number of urea groups is 1. The number of rotatable bonds is 6. The minimum absolute atomic E-state index is 0.194. The molecule has 0 fully saturated rings. The summed E-state index contributed by atoms with van der Waals surface area (Å²) in [6, 6.07) is 8.30. The van der Waals surface area contributed by atoms with Crippen LogP contribution in [0.4, 0.5) is 10.5 Å². The van der Waals surface area contributed by atoms with Gasteiger partial charge in [0.25, 0.3) is 0 Å². The molecule has 1 aliphatic carbocycles. The average Bonchev–Trinajstić information content (AvgIpc) is 2.99. The lowest BCUT2D eigenvalue weighted by atomic mass is 9.89. The van der Waals surface area contributed by atoms with Crippen LogP contribution in [0.25, 0.3) is 0 Å². The highest BCUT2D eigenvalue weighted by molar-refractivity contribution is 5.88. The highest BCUT2D eigenvalue weighted by atomic mass is 16.5. The van der Waals surface area contributed by atoms with Gasteiger partial charge >= 0.3 is 6.03 Å². The fraction of sp³-hybridized carbons (Fsp3) is 0.444. The number of nitrogens with one attached hydrogen (secondary N) is 2. The number of ether oxygens (including phenoxy) is 1. The zero-order valence-electron chi connectivity index (χ0n) is 14.0. The smallest absolute Gasteiger partial charge is 0.319 e. The highest BCUT2D eigenvalue weighted by Gasteiger charge is 2.19. The Morgan fingerprint density at radius 1 is 1.42 bits per heavy atom. The highest BCUT2D eigenvalue weighted by Crippen LogP contribution is 2.32. The van der Waals surface area contributed by atoms with E-state index in [1.165, 1.54) is 17.5 Å². The van der Waals surface area contributed by atoms with E-state index >= 15 is 0 Å². The van der Waals surface area contributed by atoms with Crippen LogP contribution in [0.5, 0.6) is 0 Å². The van der Waals surface area contributed by atoms with Gasteiger partial charge in [-0.1, -0.05) is 24.3 Å². The Hall–Kier alpha value is -2.34. The fourth-order valence-electron chi connectivity index (χ4n) is 3.04. The lowest BCUT2D eigenvalue weighted by Crippen LogP contribution is -2.30. The third-order valence-corrected chi connectivity index (χ3v) is 4.20. The van der Waals surface area contributed by atoms with Gasteiger partial charge in [0, 0.05) is 26.4 Å². The third-order valence-electron chi connectivity index (χ3n) is 4.20. The van der Waals surface area contributed by atoms with Crippen molar-refractivity contribution in [1.82, 2.24) is 15.1 Å². The molecule has 0 bridgehead atoms. The van der Waals surface area contributed by atoms with E-state index in [1.54, 1.807) is 17.1 Å². The first-order chi connectivity index (χ1) is 11.7. The standard InChI is InChI=1S/C18H24N4O2/c1-22-13-15(12-20-22)21-18(23)19-10-5-11-24-17-9-4-7-14-6-2-3-8-16(14)17/h2-3,6,8,12-13,17H,4-5,7,9-11H2,1H3,(H2,19,21,23)/t17-/m1/s1. The lowest BCUT2D eigenvalue weighted by molar-refractivity contribution is 0.0397. The summed E-state index contributed by atoms with van der Waals surface area (Å²) in [5.74, 6) is 0. The van der Waals surface area contributed by atoms with E-state index in [1.807, 2.05) is 7.05 Å². The van der Waals surface area contributed by atoms with Crippen LogP contribution in [0, 0.1) is 0 Å². The topological polar surface area (TPSA) is 68.2 Å². The second-order valence-electron chi connectivity index (χ2n) is 6.09. The Bertz CT molecular complexity index is 683. The first-order valence-electron chi connectivity index (χ1n) is 8.45. The molecule has 1 aromatic carbocycles. The van der Waals surface area contributed by atoms with Crippen LogP contribution in [0.1, 0.15) is 36.5 Å². The van der Waals surface area contributed by atoms with Crippen molar-refractivity contribution in [2.75, 3.05) is 18.5 Å². The summed E-state index contributed by atoms with van der Waals surface area (Å²) >= 11 is 0. The quantitative estimate of drug-likeness (QED) is 0.801. The summed E-state index contributed by atoms with van der Waals surface area (Å²) in [5.41, 5.74) is 3.42. The van der Waals surface area contributed by atoms with Gasteiger partial charge in [-0.15, -0.1) is 0 Å². The molecule has 0 aliphatic heterocycles. The van der Waals surface area contributed by atoms with Crippen LogP contribution in [0.2, 0.25) is 0 Å². The maximum absolute atomic E-state index is 11.8. The maximum Gasteiger partial charge on any atom is 0.319 e. The number of anilines is 1. The number of hydrogen-bond donors (Lipinski definition) is 2. The van der Waals surface area contributed by atoms with Crippen molar-refractivity contribution in [3.05, 3.63) is 47.8 Å². The largest absolute Gasteiger partial charge is 0.373 e. The van der Waals surface area contributed by atoms with Crippen molar-refractivity contribution in [2.24, 2.45) is 7.05 Å². The monoisotopic (exact) mass is 328 g/mol. The number of aryl methyl sites for hydroxylation is 2. The van der Waals surface area contributed by atoms with Crippen LogP contribution >= 0.6 is 0 Å². The van der Waals surface area contributed by atoms with Gasteiger partial charge in [0.05, 0.1) is 18.0 Å². The van der Waals surface area contributed by atoms with Gasteiger partial charge in [-0.25, -0.2) is 4.79 Å². The van der Waals surface area contributed by atoms with Gasteiger partial charge in [0.1, 0.15) is 0 Å². The van der Waals surface area contributed by atoms with Gasteiger partial charge in [-0.05, 0) is 36.8 Å². The molecule has 0 saturated carbocycles. The van der Waals surface area contributed by atoms with Crippen LogP contribution in [0.3, 0.4) is 0 Å². The van der Waals surface area contributed by atoms with E-state index in [-0.39, 0.29) is 12.1 Å². The van der Waals surface area contributed by atoms with Crippen molar-refractivity contribution in [2.45, 2.75) is 31.8 Å². The number of hydrogen-bond acceptors (Lipinski definition) is 3. The summed E-state index contributed by atoms with van der Waals surface area (Å²) in [4.78, 5) is 11.8. The first kappa shape index (κ1) is 16.5. The van der Waals surface area contributed by atoms with Crippen molar-refractivity contribution in [1.29, 1.82) is 0 Å². The summed E-state index contributed by atoms with van der Waals surface area (Å²) < 4.78 is 7.67. The molecule has 1 atom stereocenters. The Morgan fingerprint density at radius 2 is 2.29 bits per heavy atom. The zero-order chi connectivity index (χ0) is 16.8. The Balaban J connectivity index is 1.35. The minimum atomic E-state index is -0.217. The molecule has 24 heavy (non-hydrogen) atoms. The van der Waals surface area contributed by atoms with Crippen molar-refractivity contribution >= 4 is 11.7 Å². The number of aromatic nitrogens is 2.